The molecule has 1 aliphatic rings. The molecule has 16 heavy (non-hydrogen) atoms. The minimum absolute atomic E-state index is 0.234. The van der Waals surface area contributed by atoms with Gasteiger partial charge in [-0.15, -0.1) is 0 Å². The lowest BCUT2D eigenvalue weighted by Crippen LogP contribution is -2.66. The summed E-state index contributed by atoms with van der Waals surface area (Å²) in [4.78, 5) is 0. The average Bonchev–Trinajstić information content (AvgIpc) is 2.05. The molecule has 1 heterocycles. The van der Waals surface area contributed by atoms with Gasteiger partial charge in [-0.05, 0) is 0 Å². The maximum Gasteiger partial charge on any atom is 0.415 e. The summed E-state index contributed by atoms with van der Waals surface area (Å²) < 4.78 is 70.6. The van der Waals surface area contributed by atoms with Crippen molar-refractivity contribution in [1.29, 1.82) is 0 Å². The van der Waals surface area contributed by atoms with Crippen LogP contribution in [0.4, 0.5) is 26.3 Å². The Balaban J connectivity index is 3.24. The largest absolute Gasteiger partial charge is 0.415 e. The molecule has 1 fully saturated rings. The second-order valence-corrected chi connectivity index (χ2v) is 5.70. The topological polar surface area (TPSA) is 40.5 Å². The van der Waals surface area contributed by atoms with Gasteiger partial charge >= 0.3 is 12.4 Å². The number of halogens is 6. The van der Waals surface area contributed by atoms with E-state index < -0.39 is 40.1 Å². The highest BCUT2D eigenvalue weighted by molar-refractivity contribution is 8.77. The first-order chi connectivity index (χ1) is 7.04. The third-order valence-corrected chi connectivity index (χ3v) is 5.17. The molecule has 2 unspecified atom stereocenters. The molecule has 1 rings (SSSR count). The summed E-state index contributed by atoms with van der Waals surface area (Å²) in [7, 11) is -0.273. The fourth-order valence-electron chi connectivity index (χ4n) is 1.20. The van der Waals surface area contributed by atoms with Gasteiger partial charge in [0.1, 0.15) is 6.10 Å². The summed E-state index contributed by atoms with van der Waals surface area (Å²) in [6, 6.07) is 0. The van der Waals surface area contributed by atoms with E-state index in [-0.39, 0.29) is 16.5 Å². The van der Waals surface area contributed by atoms with E-state index in [1.165, 1.54) is 0 Å². The fourth-order valence-corrected chi connectivity index (χ4v) is 4.26. The van der Waals surface area contributed by atoms with Gasteiger partial charge in [0.05, 0.1) is 6.10 Å². The smallest absolute Gasteiger partial charge is 0.389 e. The molecule has 0 aromatic rings. The van der Waals surface area contributed by atoms with Crippen LogP contribution in [0.25, 0.3) is 0 Å². The van der Waals surface area contributed by atoms with Crippen molar-refractivity contribution in [3.63, 3.8) is 0 Å². The van der Waals surface area contributed by atoms with Crippen LogP contribution < -0.4 is 0 Å². The van der Waals surface area contributed by atoms with Crippen LogP contribution in [0.1, 0.15) is 0 Å². The lowest BCUT2D eigenvalue weighted by Gasteiger charge is -2.43. The predicted octanol–water partition coefficient (Wildman–Crippen LogP) is 1.97. The zero-order chi connectivity index (χ0) is 12.8. The third kappa shape index (κ3) is 2.00. The van der Waals surface area contributed by atoms with Crippen LogP contribution in [0.3, 0.4) is 0 Å². The highest BCUT2D eigenvalue weighted by Gasteiger charge is 2.77. The number of aliphatic hydroxyl groups excluding tert-OH is 2. The van der Waals surface area contributed by atoms with Gasteiger partial charge in [0, 0.05) is 5.75 Å². The first-order valence-corrected chi connectivity index (χ1v) is 6.16. The van der Waals surface area contributed by atoms with Crippen LogP contribution in [0, 0.1) is 0 Å². The van der Waals surface area contributed by atoms with Gasteiger partial charge in [0.2, 0.25) is 4.75 Å². The number of hydrogen-bond acceptors (Lipinski definition) is 4. The van der Waals surface area contributed by atoms with E-state index in [1.807, 2.05) is 0 Å². The van der Waals surface area contributed by atoms with E-state index in [1.54, 1.807) is 0 Å². The molecule has 0 aliphatic carbocycles. The van der Waals surface area contributed by atoms with E-state index in [0.29, 0.717) is 0 Å². The average molecular weight is 288 g/mol. The zero-order valence-electron chi connectivity index (χ0n) is 7.34. The molecule has 2 nitrogen and oxygen atoms in total. The van der Waals surface area contributed by atoms with E-state index in [4.69, 9.17) is 10.2 Å². The normalized spacial score (nSPS) is 31.5. The van der Waals surface area contributed by atoms with E-state index in [9.17, 15) is 26.3 Å². The van der Waals surface area contributed by atoms with E-state index in [2.05, 4.69) is 0 Å². The summed E-state index contributed by atoms with van der Waals surface area (Å²) in [5.41, 5.74) is 0. The lowest BCUT2D eigenvalue weighted by molar-refractivity contribution is -0.292. The first kappa shape index (κ1) is 14.3. The monoisotopic (exact) mass is 288 g/mol. The molecule has 1 saturated heterocycles. The molecule has 2 N–H and O–H groups in total. The summed E-state index contributed by atoms with van der Waals surface area (Å²) in [5, 5.41) is 18.0. The Hall–Kier alpha value is 0.200. The SMILES string of the molecule is OC1CSSC(C(F)(F)F)(C(F)(F)F)C1O. The molecule has 1 aliphatic heterocycles. The van der Waals surface area contributed by atoms with Gasteiger partial charge in [-0.2, -0.15) is 26.3 Å². The molecule has 0 bridgehead atoms. The third-order valence-electron chi connectivity index (χ3n) is 2.05. The Morgan fingerprint density at radius 2 is 1.44 bits per heavy atom. The minimum atomic E-state index is -5.69. The number of alkyl halides is 6. The van der Waals surface area contributed by atoms with E-state index in [0.717, 1.165) is 0 Å². The molecule has 10 heteroatoms. The Bertz CT molecular complexity index is 251. The second kappa shape index (κ2) is 4.14. The standard InChI is InChI=1S/C6H6F6O2S2/c7-5(8,9)4(6(10,11)12)3(14)2(13)1-15-16-4/h2-3,13-14H,1H2. The number of rotatable bonds is 0. The molecular formula is C6H6F6O2S2. The van der Waals surface area contributed by atoms with Gasteiger partial charge in [-0.25, -0.2) is 0 Å². The lowest BCUT2D eigenvalue weighted by atomic mass is 9.96. The molecule has 0 aromatic carbocycles. The van der Waals surface area contributed by atoms with Crippen molar-refractivity contribution in [3.8, 4) is 0 Å². The van der Waals surface area contributed by atoms with Crippen LogP contribution in [0.2, 0.25) is 0 Å². The fraction of sp³-hybridized carbons (Fsp3) is 1.00. The number of aliphatic hydroxyl groups is 2. The Kier molecular flexibility index (Phi) is 3.69. The zero-order valence-corrected chi connectivity index (χ0v) is 8.97. The Morgan fingerprint density at radius 3 is 1.75 bits per heavy atom. The van der Waals surface area contributed by atoms with Crippen molar-refractivity contribution in [2.45, 2.75) is 29.3 Å². The molecule has 0 aromatic heterocycles. The quantitative estimate of drug-likeness (QED) is 0.528. The van der Waals surface area contributed by atoms with E-state index >= 15 is 0 Å². The Morgan fingerprint density at radius 1 is 1.00 bits per heavy atom. The minimum Gasteiger partial charge on any atom is -0.389 e. The van der Waals surface area contributed by atoms with Gasteiger partial charge in [0.25, 0.3) is 0 Å². The summed E-state index contributed by atoms with van der Waals surface area (Å²) >= 11 is 0. The van der Waals surface area contributed by atoms with Crippen LogP contribution in [0.5, 0.6) is 0 Å². The molecule has 0 amide bonds. The van der Waals surface area contributed by atoms with Gasteiger partial charge in [-0.3, -0.25) is 0 Å². The molecule has 0 saturated carbocycles. The predicted molar refractivity (Wildman–Crippen MR) is 46.9 cm³/mol. The van der Waals surface area contributed by atoms with Crippen LogP contribution in [-0.4, -0.2) is 45.3 Å². The van der Waals surface area contributed by atoms with Gasteiger partial charge < -0.3 is 10.2 Å². The van der Waals surface area contributed by atoms with Crippen molar-refractivity contribution >= 4 is 21.6 Å². The summed E-state index contributed by atoms with van der Waals surface area (Å²) in [6.07, 6.45) is -16.4. The number of hydrogen-bond donors (Lipinski definition) is 2. The van der Waals surface area contributed by atoms with Gasteiger partial charge in [0.15, 0.2) is 0 Å². The van der Waals surface area contributed by atoms with Crippen LogP contribution >= 0.6 is 21.6 Å². The van der Waals surface area contributed by atoms with Crippen LogP contribution in [0.15, 0.2) is 0 Å². The highest BCUT2D eigenvalue weighted by Crippen LogP contribution is 2.60. The first-order valence-electron chi connectivity index (χ1n) is 3.84. The van der Waals surface area contributed by atoms with Crippen molar-refractivity contribution in [2.24, 2.45) is 0 Å². The summed E-state index contributed by atoms with van der Waals surface area (Å²) in [6.45, 7) is 0. The summed E-state index contributed by atoms with van der Waals surface area (Å²) in [5.74, 6) is -0.389. The molecule has 96 valence electrons. The van der Waals surface area contributed by atoms with Crippen molar-refractivity contribution < 1.29 is 36.6 Å². The highest BCUT2D eigenvalue weighted by atomic mass is 33.1. The second-order valence-electron chi connectivity index (χ2n) is 3.11. The molecule has 0 spiro atoms. The van der Waals surface area contributed by atoms with Crippen molar-refractivity contribution in [2.75, 3.05) is 5.75 Å². The van der Waals surface area contributed by atoms with Crippen LogP contribution in [-0.2, 0) is 0 Å². The van der Waals surface area contributed by atoms with Crippen molar-refractivity contribution in [3.05, 3.63) is 0 Å². The van der Waals surface area contributed by atoms with Gasteiger partial charge in [-0.1, -0.05) is 21.6 Å². The maximum absolute atomic E-state index is 12.5. The molecular weight excluding hydrogens is 282 g/mol. The Labute approximate surface area is 93.8 Å². The van der Waals surface area contributed by atoms with Crippen molar-refractivity contribution in [1.82, 2.24) is 0 Å². The molecule has 0 radical (unpaired) electrons. The molecule has 2 atom stereocenters. The maximum atomic E-state index is 12.5.